The molecule has 0 aliphatic heterocycles. The summed E-state index contributed by atoms with van der Waals surface area (Å²) in [5, 5.41) is 4.13. The fourth-order valence-corrected chi connectivity index (χ4v) is 4.94. The summed E-state index contributed by atoms with van der Waals surface area (Å²) in [5.74, 6) is -0.786. The summed E-state index contributed by atoms with van der Waals surface area (Å²) in [5.41, 5.74) is 0.561. The molecular weight excluding hydrogens is 539 g/mol. The largest absolute Gasteiger partial charge is 0.416 e. The van der Waals surface area contributed by atoms with Crippen molar-refractivity contribution in [3.05, 3.63) is 123 Å². The fourth-order valence-electron chi connectivity index (χ4n) is 4.56. The average Bonchev–Trinajstić information content (AvgIpc) is 3.26. The monoisotopic (exact) mass is 558 g/mol. The number of pyridine rings is 1. The van der Waals surface area contributed by atoms with Crippen LogP contribution >= 0.6 is 23.2 Å². The fraction of sp³-hybridized carbons (Fsp3) is 0.143. The topological polar surface area (TPSA) is 53.6 Å². The van der Waals surface area contributed by atoms with E-state index in [2.05, 4.69) is 20.3 Å². The Bertz CT molecular complexity index is 1600. The van der Waals surface area contributed by atoms with Gasteiger partial charge in [0.05, 0.1) is 27.3 Å². The molecule has 0 saturated carbocycles. The third-order valence-corrected chi connectivity index (χ3v) is 6.71. The maximum absolute atomic E-state index is 14.8. The van der Waals surface area contributed by atoms with Crippen LogP contribution in [0.3, 0.4) is 0 Å². The van der Waals surface area contributed by atoms with Crippen molar-refractivity contribution in [2.45, 2.75) is 25.1 Å². The number of alkyl halides is 3. The molecule has 0 saturated heterocycles. The lowest BCUT2D eigenvalue weighted by Gasteiger charge is -2.36. The number of anilines is 1. The summed E-state index contributed by atoms with van der Waals surface area (Å²) in [7, 11) is 0. The molecule has 0 radical (unpaired) electrons. The second kappa shape index (κ2) is 9.93. The van der Waals surface area contributed by atoms with E-state index in [-0.39, 0.29) is 17.9 Å². The van der Waals surface area contributed by atoms with E-state index in [1.165, 1.54) is 6.20 Å². The molecule has 38 heavy (non-hydrogen) atoms. The lowest BCUT2D eigenvalue weighted by molar-refractivity contribution is -0.137. The number of imidazole rings is 1. The summed E-state index contributed by atoms with van der Waals surface area (Å²) in [6.07, 6.45) is -3.26. The molecule has 1 atom stereocenters. The van der Waals surface area contributed by atoms with Crippen LogP contribution in [0.25, 0.3) is 11.0 Å². The number of hydrogen-bond donors (Lipinski definition) is 2. The summed E-state index contributed by atoms with van der Waals surface area (Å²) in [6.45, 7) is 1.85. The van der Waals surface area contributed by atoms with Crippen LogP contribution in [0.4, 0.5) is 23.5 Å². The van der Waals surface area contributed by atoms with Crippen molar-refractivity contribution in [3.63, 3.8) is 0 Å². The number of aryl methyl sites for hydroxylation is 1. The molecule has 3 aromatic carbocycles. The number of nitrogens with zero attached hydrogens (tertiary/aromatic N) is 2. The van der Waals surface area contributed by atoms with Crippen molar-refractivity contribution in [2.75, 3.05) is 5.32 Å². The highest BCUT2D eigenvalue weighted by atomic mass is 35.5. The third kappa shape index (κ3) is 5.19. The number of benzene rings is 3. The molecule has 0 aliphatic carbocycles. The summed E-state index contributed by atoms with van der Waals surface area (Å²) in [6, 6.07) is 18.2. The van der Waals surface area contributed by atoms with Gasteiger partial charge in [0, 0.05) is 17.6 Å². The van der Waals surface area contributed by atoms with Crippen LogP contribution < -0.4 is 5.32 Å². The minimum Gasteiger partial charge on any atom is -0.340 e. The third-order valence-electron chi connectivity index (χ3n) is 6.27. The maximum Gasteiger partial charge on any atom is 0.416 e. The Labute approximate surface area is 225 Å². The molecule has 0 fully saturated rings. The number of rotatable bonds is 6. The first-order valence-electron chi connectivity index (χ1n) is 11.5. The smallest absolute Gasteiger partial charge is 0.340 e. The van der Waals surface area contributed by atoms with Gasteiger partial charge in [-0.25, -0.2) is 9.37 Å². The average molecular weight is 559 g/mol. The van der Waals surface area contributed by atoms with Gasteiger partial charge < -0.3 is 10.3 Å². The predicted octanol–water partition coefficient (Wildman–Crippen LogP) is 8.33. The van der Waals surface area contributed by atoms with E-state index < -0.39 is 23.1 Å². The maximum atomic E-state index is 14.8. The Hall–Kier alpha value is -3.62. The Morgan fingerprint density at radius 3 is 2.32 bits per heavy atom. The van der Waals surface area contributed by atoms with Crippen LogP contribution in [-0.4, -0.2) is 15.0 Å². The molecule has 2 aromatic heterocycles. The van der Waals surface area contributed by atoms with Gasteiger partial charge in [-0.05, 0) is 66.1 Å². The van der Waals surface area contributed by atoms with E-state index in [0.717, 1.165) is 23.3 Å². The first kappa shape index (κ1) is 26.0. The Morgan fingerprint density at radius 2 is 1.63 bits per heavy atom. The zero-order valence-corrected chi connectivity index (χ0v) is 21.4. The molecule has 0 spiro atoms. The normalized spacial score (nSPS) is 13.4. The van der Waals surface area contributed by atoms with E-state index in [1.54, 1.807) is 24.3 Å². The molecule has 0 unspecified atom stereocenters. The van der Waals surface area contributed by atoms with Gasteiger partial charge in [-0.15, -0.1) is 0 Å². The second-order valence-corrected chi connectivity index (χ2v) is 9.86. The van der Waals surface area contributed by atoms with Crippen molar-refractivity contribution in [1.29, 1.82) is 0 Å². The Balaban J connectivity index is 1.79. The van der Waals surface area contributed by atoms with Crippen LogP contribution in [0.2, 0.25) is 10.0 Å². The molecular formula is C28H20Cl2F4N4. The Morgan fingerprint density at radius 1 is 0.895 bits per heavy atom. The summed E-state index contributed by atoms with van der Waals surface area (Å²) < 4.78 is 56.3. The molecule has 10 heteroatoms. The summed E-state index contributed by atoms with van der Waals surface area (Å²) in [4.78, 5) is 12.3. The second-order valence-electron chi connectivity index (χ2n) is 8.98. The summed E-state index contributed by atoms with van der Waals surface area (Å²) >= 11 is 12.3. The minimum atomic E-state index is -4.77. The van der Waals surface area contributed by atoms with Gasteiger partial charge in [0.15, 0.2) is 0 Å². The van der Waals surface area contributed by atoms with E-state index in [4.69, 9.17) is 23.2 Å². The van der Waals surface area contributed by atoms with E-state index >= 15 is 0 Å². The van der Waals surface area contributed by atoms with Crippen molar-refractivity contribution in [1.82, 2.24) is 15.0 Å². The van der Waals surface area contributed by atoms with Crippen LogP contribution in [0.1, 0.15) is 27.9 Å². The zero-order valence-electron chi connectivity index (χ0n) is 19.9. The number of nitrogens with one attached hydrogen (secondary N) is 2. The number of H-pyrrole nitrogens is 1. The highest BCUT2D eigenvalue weighted by Crippen LogP contribution is 2.40. The quantitative estimate of drug-likeness (QED) is 0.206. The molecule has 0 amide bonds. The number of halogens is 6. The lowest BCUT2D eigenvalue weighted by atomic mass is 9.80. The van der Waals surface area contributed by atoms with Crippen molar-refractivity contribution < 1.29 is 17.6 Å². The molecule has 4 nitrogen and oxygen atoms in total. The number of aromatic nitrogens is 3. The lowest BCUT2D eigenvalue weighted by Crippen LogP contribution is -2.40. The van der Waals surface area contributed by atoms with Crippen LogP contribution in [-0.2, 0) is 18.1 Å². The van der Waals surface area contributed by atoms with Crippen molar-refractivity contribution in [2.24, 2.45) is 0 Å². The molecule has 194 valence electrons. The van der Waals surface area contributed by atoms with E-state index in [1.807, 2.05) is 37.3 Å². The van der Waals surface area contributed by atoms with Gasteiger partial charge in [-0.3, -0.25) is 4.98 Å². The zero-order chi connectivity index (χ0) is 27.1. The first-order valence-corrected chi connectivity index (χ1v) is 12.3. The first-order chi connectivity index (χ1) is 18.0. The molecule has 0 bridgehead atoms. The number of aromatic amines is 1. The van der Waals surface area contributed by atoms with Crippen LogP contribution in [0.5, 0.6) is 0 Å². The standard InChI is InChI=1S/C28H20Cl2F4N4/c1-16-9-21(30)13-23-25(16)37-26(36-23)38-27(14-17-5-3-2-4-6-17,24-8-7-20(29)15-35-24)18-10-19(28(32,33)34)12-22(31)11-18/h2-13,15H,14H2,1H3,(H2,36,37,38)/t27-/m1/s1. The van der Waals surface area contributed by atoms with Crippen molar-refractivity contribution >= 4 is 40.2 Å². The van der Waals surface area contributed by atoms with Gasteiger partial charge in [-0.2, -0.15) is 13.2 Å². The molecule has 2 N–H and O–H groups in total. The molecule has 5 rings (SSSR count). The minimum absolute atomic E-state index is 0.0127. The number of fused-ring (bicyclic) bond motifs is 1. The van der Waals surface area contributed by atoms with Gasteiger partial charge in [0.25, 0.3) is 0 Å². The highest BCUT2D eigenvalue weighted by Gasteiger charge is 2.40. The van der Waals surface area contributed by atoms with Crippen LogP contribution in [0.15, 0.2) is 79.0 Å². The SMILES string of the molecule is Cc1cc(Cl)cc2[nH]c(N[C@](Cc3ccccc3)(c3cc(F)cc(C(F)(F)F)c3)c3ccc(Cl)cn3)nc12. The van der Waals surface area contributed by atoms with E-state index in [0.29, 0.717) is 32.8 Å². The number of hydrogen-bond acceptors (Lipinski definition) is 3. The Kier molecular flexibility index (Phi) is 6.79. The van der Waals surface area contributed by atoms with Gasteiger partial charge in [-0.1, -0.05) is 53.5 Å². The van der Waals surface area contributed by atoms with Gasteiger partial charge in [0.2, 0.25) is 5.95 Å². The predicted molar refractivity (Wildman–Crippen MR) is 141 cm³/mol. The highest BCUT2D eigenvalue weighted by molar-refractivity contribution is 6.31. The molecule has 5 aromatic rings. The van der Waals surface area contributed by atoms with E-state index in [9.17, 15) is 17.6 Å². The van der Waals surface area contributed by atoms with Crippen LogP contribution in [0, 0.1) is 12.7 Å². The molecule has 0 aliphatic rings. The van der Waals surface area contributed by atoms with Crippen molar-refractivity contribution in [3.8, 4) is 0 Å². The van der Waals surface area contributed by atoms with Gasteiger partial charge in [0.1, 0.15) is 11.4 Å². The van der Waals surface area contributed by atoms with Gasteiger partial charge >= 0.3 is 6.18 Å². The molecule has 2 heterocycles.